The van der Waals surface area contributed by atoms with Gasteiger partial charge in [0.1, 0.15) is 5.60 Å². The molecule has 1 aliphatic rings. The van der Waals surface area contributed by atoms with E-state index in [0.717, 1.165) is 0 Å². The molecule has 0 saturated carbocycles. The molecule has 0 bridgehead atoms. The minimum Gasteiger partial charge on any atom is -0.370 e. The van der Waals surface area contributed by atoms with Crippen LogP contribution in [0.5, 0.6) is 0 Å². The third kappa shape index (κ3) is 1.96. The van der Waals surface area contributed by atoms with Crippen LogP contribution in [0.3, 0.4) is 0 Å². The number of hydrogen-bond acceptors (Lipinski definition) is 2. The fourth-order valence-corrected chi connectivity index (χ4v) is 1.80. The van der Waals surface area contributed by atoms with E-state index in [1.807, 2.05) is 6.92 Å². The summed E-state index contributed by atoms with van der Waals surface area (Å²) in [4.78, 5) is 11.2. The van der Waals surface area contributed by atoms with Crippen molar-refractivity contribution in [2.75, 3.05) is 7.11 Å². The molecule has 0 amide bonds. The molecule has 0 aromatic heterocycles. The van der Waals surface area contributed by atoms with E-state index in [9.17, 15) is 4.79 Å². The molecule has 1 aliphatic carbocycles. The Morgan fingerprint density at radius 1 is 1.38 bits per heavy atom. The second-order valence-electron chi connectivity index (χ2n) is 2.83. The molecular weight excluding hydrogens is 211 g/mol. The lowest BCUT2D eigenvalue weighted by molar-refractivity contribution is -0.111. The van der Waals surface area contributed by atoms with Gasteiger partial charge in [0.25, 0.3) is 0 Å². The fraction of sp³-hybridized carbons (Fsp3) is 0.444. The van der Waals surface area contributed by atoms with E-state index in [1.54, 1.807) is 19.3 Å². The largest absolute Gasteiger partial charge is 0.370 e. The lowest BCUT2D eigenvalue weighted by Crippen LogP contribution is -2.29. The average molecular weight is 221 g/mol. The first-order chi connectivity index (χ1) is 6.04. The zero-order chi connectivity index (χ0) is 10.1. The lowest BCUT2D eigenvalue weighted by atomic mass is 9.94. The number of allylic oxidation sites excluding steroid dienone is 2. The molecule has 13 heavy (non-hydrogen) atoms. The minimum atomic E-state index is -0.623. The summed E-state index contributed by atoms with van der Waals surface area (Å²) < 4.78 is 5.24. The monoisotopic (exact) mass is 220 g/mol. The lowest BCUT2D eigenvalue weighted by Gasteiger charge is -2.27. The van der Waals surface area contributed by atoms with E-state index in [2.05, 4.69) is 0 Å². The molecule has 0 unspecified atom stereocenters. The van der Waals surface area contributed by atoms with Gasteiger partial charge in [-0.1, -0.05) is 30.1 Å². The molecule has 0 spiro atoms. The second-order valence-corrected chi connectivity index (χ2v) is 3.64. The summed E-state index contributed by atoms with van der Waals surface area (Å²) in [5, 5.41) is 0.243. The smallest absolute Gasteiger partial charge is 0.215 e. The van der Waals surface area contributed by atoms with Gasteiger partial charge >= 0.3 is 0 Å². The molecule has 0 aliphatic heterocycles. The van der Waals surface area contributed by atoms with Crippen LogP contribution < -0.4 is 0 Å². The van der Waals surface area contributed by atoms with Crippen LogP contribution in [0.15, 0.2) is 22.2 Å². The van der Waals surface area contributed by atoms with Crippen LogP contribution in [0, 0.1) is 0 Å². The predicted molar refractivity (Wildman–Crippen MR) is 52.9 cm³/mol. The molecule has 72 valence electrons. The maximum Gasteiger partial charge on any atom is 0.215 e. The number of rotatable bonds is 2. The van der Waals surface area contributed by atoms with Gasteiger partial charge in [-0.05, 0) is 18.6 Å². The summed E-state index contributed by atoms with van der Waals surface area (Å²) >= 11 is 11.4. The van der Waals surface area contributed by atoms with Crippen LogP contribution in [0.1, 0.15) is 13.3 Å². The van der Waals surface area contributed by atoms with E-state index < -0.39 is 5.60 Å². The first-order valence-electron chi connectivity index (χ1n) is 3.91. The van der Waals surface area contributed by atoms with E-state index in [0.29, 0.717) is 6.42 Å². The number of ether oxygens (including phenoxy) is 1. The third-order valence-electron chi connectivity index (χ3n) is 2.11. The predicted octanol–water partition coefficient (Wildman–Crippen LogP) is 2.61. The van der Waals surface area contributed by atoms with E-state index in [1.165, 1.54) is 0 Å². The van der Waals surface area contributed by atoms with Gasteiger partial charge in [0, 0.05) is 7.11 Å². The number of carbonyl (C=O) groups is 1. The van der Waals surface area contributed by atoms with Crippen molar-refractivity contribution in [2.24, 2.45) is 0 Å². The zero-order valence-electron chi connectivity index (χ0n) is 7.43. The molecule has 0 N–H and O–H groups in total. The van der Waals surface area contributed by atoms with Crippen LogP contribution in [0.4, 0.5) is 0 Å². The Kier molecular flexibility index (Phi) is 3.17. The number of halogens is 2. The van der Waals surface area contributed by atoms with Crippen LogP contribution in [0.25, 0.3) is 0 Å². The van der Waals surface area contributed by atoms with E-state index >= 15 is 0 Å². The highest BCUT2D eigenvalue weighted by atomic mass is 35.5. The Bertz CT molecular complexity index is 264. The summed E-state index contributed by atoms with van der Waals surface area (Å²) in [6.45, 7) is 1.93. The molecule has 0 heterocycles. The van der Waals surface area contributed by atoms with Crippen molar-refractivity contribution in [1.29, 1.82) is 0 Å². The highest BCUT2D eigenvalue weighted by molar-refractivity contribution is 6.55. The Morgan fingerprint density at radius 2 is 1.85 bits per heavy atom. The van der Waals surface area contributed by atoms with Crippen LogP contribution >= 0.6 is 23.2 Å². The molecule has 0 atom stereocenters. The standard InChI is InChI=1S/C9H10Cl2O2/c1-3-9(13-2)4-6(10)8(12)7(11)5-9/h4-5H,3H2,1-2H3. The maximum absolute atomic E-state index is 11.2. The fourth-order valence-electron chi connectivity index (χ4n) is 1.18. The van der Waals surface area contributed by atoms with Crippen LogP contribution in [0.2, 0.25) is 0 Å². The number of Topliss-reactive ketones (excluding diaryl/α,β-unsaturated/α-hetero) is 1. The average Bonchev–Trinajstić information content (AvgIpc) is 2.13. The molecule has 0 aromatic rings. The van der Waals surface area contributed by atoms with E-state index in [4.69, 9.17) is 27.9 Å². The molecular formula is C9H10Cl2O2. The molecule has 2 nitrogen and oxygen atoms in total. The summed E-state index contributed by atoms with van der Waals surface area (Å²) in [6, 6.07) is 0. The van der Waals surface area contributed by atoms with Crippen molar-refractivity contribution in [3.8, 4) is 0 Å². The van der Waals surface area contributed by atoms with Crippen molar-refractivity contribution in [3.05, 3.63) is 22.2 Å². The summed E-state index contributed by atoms with van der Waals surface area (Å²) in [7, 11) is 1.56. The quantitative estimate of drug-likeness (QED) is 0.716. The van der Waals surface area contributed by atoms with E-state index in [-0.39, 0.29) is 15.8 Å². The van der Waals surface area contributed by atoms with Gasteiger partial charge in [0.15, 0.2) is 0 Å². The van der Waals surface area contributed by atoms with Gasteiger partial charge in [-0.15, -0.1) is 0 Å². The molecule has 0 aromatic carbocycles. The SMILES string of the molecule is CCC1(OC)C=C(Cl)C(=O)C(Cl)=C1. The normalized spacial score (nSPS) is 21.1. The van der Waals surface area contributed by atoms with Gasteiger partial charge in [0.2, 0.25) is 5.78 Å². The van der Waals surface area contributed by atoms with Crippen molar-refractivity contribution in [2.45, 2.75) is 18.9 Å². The van der Waals surface area contributed by atoms with Crippen molar-refractivity contribution in [3.63, 3.8) is 0 Å². The zero-order valence-corrected chi connectivity index (χ0v) is 8.95. The van der Waals surface area contributed by atoms with Gasteiger partial charge < -0.3 is 4.74 Å². The maximum atomic E-state index is 11.2. The Morgan fingerprint density at radius 3 is 2.15 bits per heavy atom. The summed E-state index contributed by atoms with van der Waals surface area (Å²) in [5.41, 5.74) is -0.623. The Balaban J connectivity index is 3.10. The van der Waals surface area contributed by atoms with Gasteiger partial charge in [0.05, 0.1) is 10.1 Å². The topological polar surface area (TPSA) is 26.3 Å². The Labute approximate surface area is 87.2 Å². The molecule has 1 rings (SSSR count). The Hall–Kier alpha value is -0.310. The second kappa shape index (κ2) is 3.82. The van der Waals surface area contributed by atoms with Gasteiger partial charge in [-0.2, -0.15) is 0 Å². The van der Waals surface area contributed by atoms with Gasteiger partial charge in [-0.25, -0.2) is 0 Å². The minimum absolute atomic E-state index is 0.121. The highest BCUT2D eigenvalue weighted by Gasteiger charge is 2.31. The first-order valence-corrected chi connectivity index (χ1v) is 4.67. The van der Waals surface area contributed by atoms with Gasteiger partial charge in [-0.3, -0.25) is 4.79 Å². The number of hydrogen-bond donors (Lipinski definition) is 0. The highest BCUT2D eigenvalue weighted by Crippen LogP contribution is 2.31. The van der Waals surface area contributed by atoms with Crippen LogP contribution in [-0.2, 0) is 9.53 Å². The third-order valence-corrected chi connectivity index (χ3v) is 2.67. The van der Waals surface area contributed by atoms with Crippen molar-refractivity contribution in [1.82, 2.24) is 0 Å². The summed E-state index contributed by atoms with van der Waals surface area (Å²) in [6.07, 6.45) is 3.86. The van der Waals surface area contributed by atoms with Crippen molar-refractivity contribution < 1.29 is 9.53 Å². The first kappa shape index (κ1) is 10.8. The molecule has 0 radical (unpaired) electrons. The molecule has 0 fully saturated rings. The summed E-state index contributed by atoms with van der Waals surface area (Å²) in [5.74, 6) is -0.343. The number of methoxy groups -OCH3 is 1. The molecule has 4 heteroatoms. The van der Waals surface area contributed by atoms with Crippen molar-refractivity contribution >= 4 is 29.0 Å². The van der Waals surface area contributed by atoms with Crippen LogP contribution in [-0.4, -0.2) is 18.5 Å². The number of carbonyl (C=O) groups excluding carboxylic acids is 1. The number of ketones is 1. The molecule has 0 saturated heterocycles.